The zero-order valence-corrected chi connectivity index (χ0v) is 9.02. The zero-order chi connectivity index (χ0) is 10.7. The van der Waals surface area contributed by atoms with Gasteiger partial charge in [-0.1, -0.05) is 23.4 Å². The van der Waals surface area contributed by atoms with Crippen molar-refractivity contribution in [1.29, 1.82) is 0 Å². The normalized spacial score (nSPS) is 20.6. The lowest BCUT2D eigenvalue weighted by Gasteiger charge is -2.20. The molecule has 0 N–H and O–H groups in total. The van der Waals surface area contributed by atoms with Crippen molar-refractivity contribution in [2.45, 2.75) is 13.3 Å². The molecule has 0 amide bonds. The summed E-state index contributed by atoms with van der Waals surface area (Å²) < 4.78 is 0. The first kappa shape index (κ1) is 10.1. The number of aryl methyl sites for hydroxylation is 1. The predicted molar refractivity (Wildman–Crippen MR) is 62.2 cm³/mol. The average Bonchev–Trinajstić information content (AvgIpc) is 2.68. The third-order valence-corrected chi connectivity index (χ3v) is 3.07. The summed E-state index contributed by atoms with van der Waals surface area (Å²) in [6.45, 7) is 4.60. The van der Waals surface area contributed by atoms with E-state index in [2.05, 4.69) is 41.3 Å². The van der Waals surface area contributed by atoms with Crippen molar-refractivity contribution in [3.8, 4) is 0 Å². The van der Waals surface area contributed by atoms with Crippen LogP contribution in [0.3, 0.4) is 0 Å². The maximum atomic E-state index is 10.2. The summed E-state index contributed by atoms with van der Waals surface area (Å²) in [5.41, 5.74) is 2.60. The Labute approximate surface area is 90.1 Å². The second-order valence-corrected chi connectivity index (χ2v) is 4.20. The Hall–Kier alpha value is -1.38. The lowest BCUT2D eigenvalue weighted by atomic mass is 10.1. The second-order valence-electron chi connectivity index (χ2n) is 4.20. The number of nitrogens with zero attached hydrogens (tertiary/aromatic N) is 2. The molecule has 80 valence electrons. The van der Waals surface area contributed by atoms with Gasteiger partial charge >= 0.3 is 0 Å². The van der Waals surface area contributed by atoms with E-state index in [1.54, 1.807) is 0 Å². The first-order chi connectivity index (χ1) is 7.31. The predicted octanol–water partition coefficient (Wildman–Crippen LogP) is 2.59. The molecule has 0 aliphatic carbocycles. The summed E-state index contributed by atoms with van der Waals surface area (Å²) in [7, 11) is 0. The largest absolute Gasteiger partial charge is 0.371 e. The number of benzene rings is 1. The van der Waals surface area contributed by atoms with E-state index in [1.165, 1.54) is 11.3 Å². The molecule has 0 aromatic heterocycles. The van der Waals surface area contributed by atoms with Gasteiger partial charge < -0.3 is 4.90 Å². The molecular formula is C12H16N2O. The summed E-state index contributed by atoms with van der Waals surface area (Å²) in [4.78, 5) is 12.6. The van der Waals surface area contributed by atoms with Gasteiger partial charge in [0.15, 0.2) is 0 Å². The van der Waals surface area contributed by atoms with E-state index in [1.807, 2.05) is 0 Å². The molecule has 0 saturated carbocycles. The maximum absolute atomic E-state index is 10.2. The quantitative estimate of drug-likeness (QED) is 0.709. The molecule has 1 unspecified atom stereocenters. The van der Waals surface area contributed by atoms with Gasteiger partial charge in [0.2, 0.25) is 0 Å². The van der Waals surface area contributed by atoms with Crippen LogP contribution in [0.15, 0.2) is 29.4 Å². The van der Waals surface area contributed by atoms with E-state index >= 15 is 0 Å². The highest BCUT2D eigenvalue weighted by molar-refractivity contribution is 5.53. The van der Waals surface area contributed by atoms with Crippen molar-refractivity contribution in [1.82, 2.24) is 0 Å². The van der Waals surface area contributed by atoms with Crippen molar-refractivity contribution in [2.24, 2.45) is 11.1 Å². The van der Waals surface area contributed by atoms with E-state index in [0.717, 1.165) is 19.5 Å². The highest BCUT2D eigenvalue weighted by Gasteiger charge is 2.23. The molecule has 0 spiro atoms. The first-order valence-electron chi connectivity index (χ1n) is 5.41. The minimum Gasteiger partial charge on any atom is -0.371 e. The van der Waals surface area contributed by atoms with Gasteiger partial charge in [0, 0.05) is 24.7 Å². The number of hydrogen-bond acceptors (Lipinski definition) is 3. The van der Waals surface area contributed by atoms with Gasteiger partial charge in [-0.05, 0) is 25.0 Å². The Morgan fingerprint density at radius 3 is 3.00 bits per heavy atom. The van der Waals surface area contributed by atoms with Gasteiger partial charge in [-0.15, -0.1) is 0 Å². The number of anilines is 1. The summed E-state index contributed by atoms with van der Waals surface area (Å²) in [6, 6.07) is 8.39. The van der Waals surface area contributed by atoms with Crippen LogP contribution in [-0.2, 0) is 0 Å². The van der Waals surface area contributed by atoms with Crippen LogP contribution in [0.4, 0.5) is 5.69 Å². The van der Waals surface area contributed by atoms with Crippen LogP contribution in [0.5, 0.6) is 0 Å². The average molecular weight is 204 g/mol. The van der Waals surface area contributed by atoms with E-state index in [-0.39, 0.29) is 0 Å². The Morgan fingerprint density at radius 1 is 1.47 bits per heavy atom. The Morgan fingerprint density at radius 2 is 2.27 bits per heavy atom. The molecular weight excluding hydrogens is 188 g/mol. The highest BCUT2D eigenvalue weighted by atomic mass is 16.3. The van der Waals surface area contributed by atoms with Gasteiger partial charge in [-0.2, -0.15) is 4.91 Å². The zero-order valence-electron chi connectivity index (χ0n) is 9.02. The molecule has 0 bridgehead atoms. The minimum atomic E-state index is 0.446. The Bertz CT molecular complexity index is 351. The molecule has 3 heteroatoms. The third kappa shape index (κ3) is 2.17. The smallest absolute Gasteiger partial charge is 0.0856 e. The van der Waals surface area contributed by atoms with Crippen LogP contribution < -0.4 is 4.90 Å². The van der Waals surface area contributed by atoms with Gasteiger partial charge in [-0.25, -0.2) is 0 Å². The molecule has 1 aliphatic heterocycles. The van der Waals surface area contributed by atoms with Gasteiger partial charge in [-0.3, -0.25) is 0 Å². The van der Waals surface area contributed by atoms with Crippen molar-refractivity contribution in [2.75, 3.05) is 24.5 Å². The van der Waals surface area contributed by atoms with E-state index in [0.29, 0.717) is 12.5 Å². The van der Waals surface area contributed by atoms with E-state index in [4.69, 9.17) is 0 Å². The summed E-state index contributed by atoms with van der Waals surface area (Å²) in [6.07, 6.45) is 1.08. The first-order valence-corrected chi connectivity index (χ1v) is 5.41. The van der Waals surface area contributed by atoms with Crippen LogP contribution in [0.1, 0.15) is 12.0 Å². The molecule has 15 heavy (non-hydrogen) atoms. The molecule has 0 radical (unpaired) electrons. The van der Waals surface area contributed by atoms with Gasteiger partial charge in [0.05, 0.1) is 6.54 Å². The molecule has 1 fully saturated rings. The molecule has 1 aliphatic rings. The number of nitroso groups, excluding NO2 is 1. The fourth-order valence-corrected chi connectivity index (χ4v) is 2.22. The molecule has 1 aromatic rings. The summed E-state index contributed by atoms with van der Waals surface area (Å²) in [5, 5.41) is 2.99. The molecule has 2 rings (SSSR count). The standard InChI is InChI=1S/C12H16N2O/c1-10-4-2-3-5-12(10)14-7-6-11(9-14)8-13-15/h2-5,11H,6-9H2,1H3. The van der Waals surface area contributed by atoms with Crippen molar-refractivity contribution in [3.63, 3.8) is 0 Å². The molecule has 1 saturated heterocycles. The second kappa shape index (κ2) is 4.43. The molecule has 1 aromatic carbocycles. The van der Waals surface area contributed by atoms with E-state index in [9.17, 15) is 4.91 Å². The van der Waals surface area contributed by atoms with Crippen LogP contribution in [0, 0.1) is 17.7 Å². The van der Waals surface area contributed by atoms with Crippen LogP contribution in [-0.4, -0.2) is 19.6 Å². The monoisotopic (exact) mass is 204 g/mol. The SMILES string of the molecule is Cc1ccccc1N1CCC(CN=O)C1. The van der Waals surface area contributed by atoms with Gasteiger partial charge in [0.1, 0.15) is 0 Å². The number of para-hydroxylation sites is 1. The molecule has 3 nitrogen and oxygen atoms in total. The lowest BCUT2D eigenvalue weighted by Crippen LogP contribution is -2.21. The maximum Gasteiger partial charge on any atom is 0.0856 e. The van der Waals surface area contributed by atoms with Crippen molar-refractivity contribution < 1.29 is 0 Å². The van der Waals surface area contributed by atoms with Crippen molar-refractivity contribution in [3.05, 3.63) is 34.7 Å². The van der Waals surface area contributed by atoms with Crippen LogP contribution in [0.2, 0.25) is 0 Å². The molecule has 1 atom stereocenters. The number of rotatable bonds is 3. The lowest BCUT2D eigenvalue weighted by molar-refractivity contribution is 0.601. The Balaban J connectivity index is 2.07. The summed E-state index contributed by atoms with van der Waals surface area (Å²) in [5.74, 6) is 0.446. The van der Waals surface area contributed by atoms with Crippen LogP contribution in [0.25, 0.3) is 0 Å². The van der Waals surface area contributed by atoms with E-state index < -0.39 is 0 Å². The topological polar surface area (TPSA) is 32.7 Å². The fraction of sp³-hybridized carbons (Fsp3) is 0.500. The minimum absolute atomic E-state index is 0.446. The number of hydrogen-bond donors (Lipinski definition) is 0. The highest BCUT2D eigenvalue weighted by Crippen LogP contribution is 2.26. The van der Waals surface area contributed by atoms with Crippen LogP contribution >= 0.6 is 0 Å². The molecule has 1 heterocycles. The third-order valence-electron chi connectivity index (χ3n) is 3.07. The van der Waals surface area contributed by atoms with Gasteiger partial charge in [0.25, 0.3) is 0 Å². The fourth-order valence-electron chi connectivity index (χ4n) is 2.22. The summed E-state index contributed by atoms with van der Waals surface area (Å²) >= 11 is 0. The Kier molecular flexibility index (Phi) is 2.99. The van der Waals surface area contributed by atoms with Crippen molar-refractivity contribution >= 4 is 5.69 Å².